The van der Waals surface area contributed by atoms with Crippen molar-refractivity contribution < 1.29 is 22.7 Å². The summed E-state index contributed by atoms with van der Waals surface area (Å²) < 4.78 is 35.4. The fraction of sp³-hybridized carbons (Fsp3) is 0.333. The molecule has 0 unspecified atom stereocenters. The van der Waals surface area contributed by atoms with Crippen LogP contribution in [0.5, 0.6) is 11.5 Å². The molecule has 7 nitrogen and oxygen atoms in total. The lowest BCUT2D eigenvalue weighted by atomic mass is 10.1. The van der Waals surface area contributed by atoms with Gasteiger partial charge in [0.1, 0.15) is 11.5 Å². The molecule has 0 spiro atoms. The summed E-state index contributed by atoms with van der Waals surface area (Å²) in [6.45, 7) is 0. The summed E-state index contributed by atoms with van der Waals surface area (Å²) in [6.07, 6.45) is 0.100. The molecule has 0 aromatic heterocycles. The Hall–Kier alpha value is -1.94. The van der Waals surface area contributed by atoms with Crippen LogP contribution < -0.4 is 14.4 Å². The highest BCUT2D eigenvalue weighted by atomic mass is 35.5. The predicted octanol–water partition coefficient (Wildman–Crippen LogP) is 3.85. The van der Waals surface area contributed by atoms with Gasteiger partial charge in [-0.2, -0.15) is 4.99 Å². The van der Waals surface area contributed by atoms with Crippen LogP contribution in [-0.4, -0.2) is 56.5 Å². The number of methoxy groups -OCH3 is 2. The molecule has 170 valence electrons. The summed E-state index contributed by atoms with van der Waals surface area (Å²) in [5, 5.41) is 1.10. The van der Waals surface area contributed by atoms with Crippen LogP contribution in [0.1, 0.15) is 5.56 Å². The molecule has 32 heavy (non-hydrogen) atoms. The highest BCUT2D eigenvalue weighted by molar-refractivity contribution is 8.16. The number of hydrogen-bond acceptors (Lipinski definition) is 6. The summed E-state index contributed by atoms with van der Waals surface area (Å²) in [4.78, 5) is 18.8. The van der Waals surface area contributed by atoms with E-state index in [4.69, 9.17) is 32.7 Å². The predicted molar refractivity (Wildman–Crippen MR) is 128 cm³/mol. The van der Waals surface area contributed by atoms with E-state index in [1.807, 2.05) is 0 Å². The third-order valence-corrected chi connectivity index (χ3v) is 9.03. The van der Waals surface area contributed by atoms with Crippen LogP contribution in [0, 0.1) is 0 Å². The van der Waals surface area contributed by atoms with E-state index in [1.54, 1.807) is 41.3 Å². The first-order valence-corrected chi connectivity index (χ1v) is 13.1. The first-order chi connectivity index (χ1) is 15.2. The second-order valence-electron chi connectivity index (χ2n) is 7.42. The summed E-state index contributed by atoms with van der Waals surface area (Å²) in [7, 11) is -0.212. The number of anilines is 1. The van der Waals surface area contributed by atoms with Crippen LogP contribution in [0.4, 0.5) is 5.69 Å². The van der Waals surface area contributed by atoms with Gasteiger partial charge in [-0.3, -0.25) is 4.79 Å². The molecular weight excluding hydrogens is 495 g/mol. The number of thioether (sulfide) groups is 1. The van der Waals surface area contributed by atoms with Gasteiger partial charge in [0.2, 0.25) is 0 Å². The fourth-order valence-electron chi connectivity index (χ4n) is 3.80. The van der Waals surface area contributed by atoms with Gasteiger partial charge in [-0.1, -0.05) is 47.1 Å². The highest BCUT2D eigenvalue weighted by Crippen LogP contribution is 2.46. The number of halogens is 2. The van der Waals surface area contributed by atoms with E-state index in [1.165, 1.54) is 26.0 Å². The topological polar surface area (TPSA) is 85.3 Å². The molecular formula is C21H20Cl2N2O5S2. The Morgan fingerprint density at radius 2 is 1.81 bits per heavy atom. The van der Waals surface area contributed by atoms with E-state index in [0.29, 0.717) is 32.4 Å². The van der Waals surface area contributed by atoms with Gasteiger partial charge in [0, 0.05) is 16.3 Å². The molecule has 2 aliphatic rings. The summed E-state index contributed by atoms with van der Waals surface area (Å²) in [5.74, 6) is 0.500. The maximum Gasteiger partial charge on any atom is 0.252 e. The summed E-state index contributed by atoms with van der Waals surface area (Å²) >= 11 is 13.6. The van der Waals surface area contributed by atoms with Crippen molar-refractivity contribution in [2.24, 2.45) is 4.99 Å². The first-order valence-electron chi connectivity index (χ1n) is 9.64. The van der Waals surface area contributed by atoms with Crippen molar-refractivity contribution in [2.45, 2.75) is 17.7 Å². The van der Waals surface area contributed by atoms with Crippen LogP contribution in [-0.2, 0) is 21.1 Å². The molecule has 4 rings (SSSR count). The van der Waals surface area contributed by atoms with Gasteiger partial charge in [-0.05, 0) is 23.8 Å². The van der Waals surface area contributed by atoms with E-state index in [0.717, 1.165) is 5.56 Å². The Labute approximate surface area is 200 Å². The minimum Gasteiger partial charge on any atom is -0.495 e. The highest BCUT2D eigenvalue weighted by Gasteiger charge is 2.50. The lowest BCUT2D eigenvalue weighted by molar-refractivity contribution is -0.117. The zero-order valence-corrected chi connectivity index (χ0v) is 20.4. The normalized spacial score (nSPS) is 22.8. The van der Waals surface area contributed by atoms with Crippen molar-refractivity contribution >= 4 is 61.6 Å². The molecule has 2 fully saturated rings. The van der Waals surface area contributed by atoms with Gasteiger partial charge in [0.15, 0.2) is 15.0 Å². The molecule has 0 N–H and O–H groups in total. The Morgan fingerprint density at radius 3 is 2.47 bits per heavy atom. The van der Waals surface area contributed by atoms with Crippen molar-refractivity contribution in [3.8, 4) is 11.5 Å². The van der Waals surface area contributed by atoms with Gasteiger partial charge in [-0.15, -0.1) is 0 Å². The van der Waals surface area contributed by atoms with Gasteiger partial charge < -0.3 is 14.4 Å². The molecule has 0 aliphatic carbocycles. The van der Waals surface area contributed by atoms with E-state index in [9.17, 15) is 13.2 Å². The third-order valence-electron chi connectivity index (χ3n) is 5.27. The molecule has 2 aliphatic heterocycles. The number of fused-ring (bicyclic) bond motifs is 1. The number of amidine groups is 1. The molecule has 2 atom stereocenters. The first kappa shape index (κ1) is 23.2. The maximum atomic E-state index is 12.7. The number of ether oxygens (including phenoxy) is 2. The van der Waals surface area contributed by atoms with E-state index in [-0.39, 0.29) is 35.1 Å². The number of amides is 1. The minimum absolute atomic E-state index is 0.0232. The largest absolute Gasteiger partial charge is 0.495 e. The van der Waals surface area contributed by atoms with Crippen molar-refractivity contribution in [1.29, 1.82) is 0 Å². The Bertz CT molecular complexity index is 1190. The monoisotopic (exact) mass is 514 g/mol. The molecule has 0 radical (unpaired) electrons. The number of hydrogen-bond donors (Lipinski definition) is 0. The van der Waals surface area contributed by atoms with Gasteiger partial charge in [0.25, 0.3) is 5.91 Å². The molecule has 2 aromatic carbocycles. The number of benzene rings is 2. The third kappa shape index (κ3) is 4.71. The zero-order valence-electron chi connectivity index (χ0n) is 17.2. The van der Waals surface area contributed by atoms with Crippen molar-refractivity contribution in [1.82, 2.24) is 0 Å². The van der Waals surface area contributed by atoms with E-state index in [2.05, 4.69) is 4.99 Å². The number of aliphatic imine (C=N–C) groups is 1. The Kier molecular flexibility index (Phi) is 6.63. The van der Waals surface area contributed by atoms with Crippen molar-refractivity contribution in [3.63, 3.8) is 0 Å². The van der Waals surface area contributed by atoms with Gasteiger partial charge in [0.05, 0.1) is 48.9 Å². The maximum absolute atomic E-state index is 12.7. The summed E-state index contributed by atoms with van der Waals surface area (Å²) in [6, 6.07) is 9.87. The van der Waals surface area contributed by atoms with Crippen LogP contribution in [0.25, 0.3) is 0 Å². The minimum atomic E-state index is -3.21. The smallest absolute Gasteiger partial charge is 0.252 e. The second kappa shape index (κ2) is 9.13. The molecule has 0 saturated carbocycles. The molecule has 0 bridgehead atoms. The van der Waals surface area contributed by atoms with Crippen LogP contribution >= 0.6 is 35.0 Å². The number of rotatable bonds is 5. The van der Waals surface area contributed by atoms with Gasteiger partial charge >= 0.3 is 0 Å². The zero-order chi connectivity index (χ0) is 23.0. The summed E-state index contributed by atoms with van der Waals surface area (Å²) in [5.41, 5.74) is 1.32. The Balaban J connectivity index is 1.72. The van der Waals surface area contributed by atoms with Crippen molar-refractivity contribution in [2.75, 3.05) is 30.6 Å². The standard InChI is InChI=1S/C21H20Cl2N2O5S2/c1-29-17-9-18(30-2)15(8-14(17)23)25-16-10-32(27,28)11-19(16)31-21(25)24-20(26)7-12-3-5-13(22)6-4-12/h3-6,8-9,16,19H,7,10-11H2,1-2H3/t16-,19-/m0/s1. The number of nitrogens with zero attached hydrogens (tertiary/aromatic N) is 2. The number of sulfone groups is 1. The average Bonchev–Trinajstić information content (AvgIpc) is 3.20. The molecule has 2 aromatic rings. The SMILES string of the molecule is COc1cc(OC)c(N2C(=NC(=O)Cc3ccc(Cl)cc3)S[C@H]3CS(=O)(=O)C[C@@H]32)cc1Cl. The van der Waals surface area contributed by atoms with Gasteiger partial charge in [-0.25, -0.2) is 8.42 Å². The van der Waals surface area contributed by atoms with E-state index < -0.39 is 9.84 Å². The molecule has 11 heteroatoms. The van der Waals surface area contributed by atoms with Crippen LogP contribution in [0.2, 0.25) is 10.0 Å². The number of carbonyl (C=O) groups is 1. The van der Waals surface area contributed by atoms with Crippen LogP contribution in [0.3, 0.4) is 0 Å². The molecule has 2 saturated heterocycles. The van der Waals surface area contributed by atoms with E-state index >= 15 is 0 Å². The lowest BCUT2D eigenvalue weighted by Crippen LogP contribution is -2.38. The molecule has 2 heterocycles. The second-order valence-corrected chi connectivity index (χ2v) is 11.6. The van der Waals surface area contributed by atoms with Crippen molar-refractivity contribution in [3.05, 3.63) is 52.0 Å². The molecule has 1 amide bonds. The number of carbonyl (C=O) groups excluding carboxylic acids is 1. The lowest BCUT2D eigenvalue weighted by Gasteiger charge is -2.26. The van der Waals surface area contributed by atoms with Crippen LogP contribution in [0.15, 0.2) is 41.4 Å². The fourth-order valence-corrected chi connectivity index (χ4v) is 8.09. The Morgan fingerprint density at radius 1 is 1.12 bits per heavy atom. The average molecular weight is 515 g/mol. The quantitative estimate of drug-likeness (QED) is 0.598.